The molecule has 0 atom stereocenters. The number of hydrogen-bond acceptors (Lipinski definition) is 3. The van der Waals surface area contributed by atoms with E-state index in [9.17, 15) is 17.6 Å². The van der Waals surface area contributed by atoms with Gasteiger partial charge < -0.3 is 5.11 Å². The first kappa shape index (κ1) is 16.6. The van der Waals surface area contributed by atoms with Crippen molar-refractivity contribution in [3.63, 3.8) is 0 Å². The van der Waals surface area contributed by atoms with Crippen molar-refractivity contribution in [2.75, 3.05) is 13.6 Å². The Balaban J connectivity index is 3.14. The molecule has 112 valence electrons. The molecular formula is C13H18FNO4S. The molecule has 0 amide bonds. The summed E-state index contributed by atoms with van der Waals surface area (Å²) in [6, 6.07) is 2.64. The van der Waals surface area contributed by atoms with Crippen molar-refractivity contribution in [2.45, 2.75) is 31.1 Å². The van der Waals surface area contributed by atoms with Gasteiger partial charge in [0.1, 0.15) is 5.82 Å². The first-order valence-electron chi connectivity index (χ1n) is 6.30. The predicted octanol–water partition coefficient (Wildman–Crippen LogP) is 2.33. The molecule has 1 aromatic carbocycles. The molecule has 0 bridgehead atoms. The van der Waals surface area contributed by atoms with Crippen LogP contribution in [0.15, 0.2) is 23.1 Å². The van der Waals surface area contributed by atoms with Gasteiger partial charge in [-0.1, -0.05) is 19.8 Å². The van der Waals surface area contributed by atoms with Crippen LogP contribution >= 0.6 is 0 Å². The van der Waals surface area contributed by atoms with E-state index in [1.165, 1.54) is 7.05 Å². The second-order valence-corrected chi connectivity index (χ2v) is 6.49. The van der Waals surface area contributed by atoms with Gasteiger partial charge in [0.2, 0.25) is 10.0 Å². The number of benzene rings is 1. The summed E-state index contributed by atoms with van der Waals surface area (Å²) in [7, 11) is -2.64. The molecule has 0 aromatic heterocycles. The van der Waals surface area contributed by atoms with Crippen molar-refractivity contribution in [2.24, 2.45) is 0 Å². The van der Waals surface area contributed by atoms with Crippen molar-refractivity contribution in [1.29, 1.82) is 0 Å². The lowest BCUT2D eigenvalue weighted by atomic mass is 10.2. The standard InChI is InChI=1S/C13H18FNO4S/c1-3-4-5-8-15(2)20(18,19)12-9-10(14)6-7-11(12)13(16)17/h6-7,9H,3-5,8H2,1-2H3,(H,16,17). The molecular weight excluding hydrogens is 285 g/mol. The van der Waals surface area contributed by atoms with Crippen molar-refractivity contribution in [3.05, 3.63) is 29.6 Å². The molecule has 0 saturated heterocycles. The third kappa shape index (κ3) is 3.77. The van der Waals surface area contributed by atoms with Crippen LogP contribution in [-0.4, -0.2) is 37.4 Å². The van der Waals surface area contributed by atoms with Gasteiger partial charge >= 0.3 is 5.97 Å². The van der Waals surface area contributed by atoms with E-state index in [2.05, 4.69) is 0 Å². The number of rotatable bonds is 7. The lowest BCUT2D eigenvalue weighted by Gasteiger charge is -2.18. The molecule has 20 heavy (non-hydrogen) atoms. The molecule has 0 fully saturated rings. The van der Waals surface area contributed by atoms with E-state index >= 15 is 0 Å². The minimum absolute atomic E-state index is 0.270. The summed E-state index contributed by atoms with van der Waals surface area (Å²) in [5.41, 5.74) is -0.422. The fourth-order valence-corrected chi connectivity index (χ4v) is 3.16. The highest BCUT2D eigenvalue weighted by Gasteiger charge is 2.26. The van der Waals surface area contributed by atoms with E-state index in [-0.39, 0.29) is 6.54 Å². The predicted molar refractivity (Wildman–Crippen MR) is 72.7 cm³/mol. The van der Waals surface area contributed by atoms with Gasteiger partial charge in [-0.25, -0.2) is 21.9 Å². The molecule has 1 rings (SSSR count). The third-order valence-corrected chi connectivity index (χ3v) is 4.84. The van der Waals surface area contributed by atoms with Crippen molar-refractivity contribution < 1.29 is 22.7 Å². The van der Waals surface area contributed by atoms with E-state index < -0.39 is 32.3 Å². The Morgan fingerprint density at radius 1 is 1.35 bits per heavy atom. The average Bonchev–Trinajstić information content (AvgIpc) is 2.38. The molecule has 7 heteroatoms. The second-order valence-electron chi connectivity index (χ2n) is 4.48. The van der Waals surface area contributed by atoms with Gasteiger partial charge in [0.25, 0.3) is 0 Å². The maximum Gasteiger partial charge on any atom is 0.337 e. The number of carboxylic acid groups (broad SMARTS) is 1. The third-order valence-electron chi connectivity index (χ3n) is 2.94. The quantitative estimate of drug-likeness (QED) is 0.785. The lowest BCUT2D eigenvalue weighted by Crippen LogP contribution is -2.29. The molecule has 0 aliphatic rings. The Kier molecular flexibility index (Phi) is 5.64. The molecule has 0 aliphatic carbocycles. The number of sulfonamides is 1. The van der Waals surface area contributed by atoms with E-state index in [1.54, 1.807) is 0 Å². The summed E-state index contributed by atoms with van der Waals surface area (Å²) in [5, 5.41) is 9.01. The van der Waals surface area contributed by atoms with Gasteiger partial charge in [-0.2, -0.15) is 0 Å². The fourth-order valence-electron chi connectivity index (χ4n) is 1.76. The van der Waals surface area contributed by atoms with Gasteiger partial charge in [-0.05, 0) is 24.6 Å². The van der Waals surface area contributed by atoms with Gasteiger partial charge in [-0.15, -0.1) is 0 Å². The summed E-state index contributed by atoms with van der Waals surface area (Å²) in [6.45, 7) is 2.26. The van der Waals surface area contributed by atoms with E-state index in [1.807, 2.05) is 6.92 Å². The highest BCUT2D eigenvalue weighted by Crippen LogP contribution is 2.21. The molecule has 0 aliphatic heterocycles. The largest absolute Gasteiger partial charge is 0.478 e. The van der Waals surface area contributed by atoms with Crippen LogP contribution in [0.1, 0.15) is 36.5 Å². The summed E-state index contributed by atoms with van der Waals surface area (Å²) in [5.74, 6) is -2.18. The summed E-state index contributed by atoms with van der Waals surface area (Å²) in [6.07, 6.45) is 2.48. The molecule has 0 heterocycles. The summed E-state index contributed by atoms with van der Waals surface area (Å²) >= 11 is 0. The van der Waals surface area contributed by atoms with Crippen molar-refractivity contribution in [1.82, 2.24) is 4.31 Å². The van der Waals surface area contributed by atoms with E-state index in [4.69, 9.17) is 5.11 Å². The zero-order valence-corrected chi connectivity index (χ0v) is 12.3. The number of carboxylic acids is 1. The fraction of sp³-hybridized carbons (Fsp3) is 0.462. The topological polar surface area (TPSA) is 74.7 Å². The highest BCUT2D eigenvalue weighted by molar-refractivity contribution is 7.89. The zero-order chi connectivity index (χ0) is 15.3. The Labute approximate surface area is 118 Å². The van der Waals surface area contributed by atoms with E-state index in [0.717, 1.165) is 35.3 Å². The van der Waals surface area contributed by atoms with Crippen molar-refractivity contribution in [3.8, 4) is 0 Å². The minimum Gasteiger partial charge on any atom is -0.478 e. The lowest BCUT2D eigenvalue weighted by molar-refractivity contribution is 0.0692. The molecule has 1 N–H and O–H groups in total. The smallest absolute Gasteiger partial charge is 0.337 e. The summed E-state index contributed by atoms with van der Waals surface area (Å²) < 4.78 is 38.9. The molecule has 5 nitrogen and oxygen atoms in total. The number of halogens is 1. The van der Waals surface area contributed by atoms with Crippen LogP contribution in [0.5, 0.6) is 0 Å². The molecule has 0 unspecified atom stereocenters. The first-order valence-corrected chi connectivity index (χ1v) is 7.74. The van der Waals surface area contributed by atoms with Gasteiger partial charge in [-0.3, -0.25) is 0 Å². The van der Waals surface area contributed by atoms with Crippen LogP contribution in [-0.2, 0) is 10.0 Å². The minimum atomic E-state index is -4.01. The molecule has 0 saturated carbocycles. The average molecular weight is 303 g/mol. The second kappa shape index (κ2) is 6.81. The van der Waals surface area contributed by atoms with Crippen LogP contribution in [0.3, 0.4) is 0 Å². The van der Waals surface area contributed by atoms with Crippen LogP contribution in [0.2, 0.25) is 0 Å². The number of nitrogens with zero attached hydrogens (tertiary/aromatic N) is 1. The molecule has 0 spiro atoms. The van der Waals surface area contributed by atoms with Crippen LogP contribution < -0.4 is 0 Å². The Morgan fingerprint density at radius 3 is 2.55 bits per heavy atom. The van der Waals surface area contributed by atoms with Gasteiger partial charge in [0, 0.05) is 13.6 Å². The van der Waals surface area contributed by atoms with E-state index in [0.29, 0.717) is 6.42 Å². The summed E-state index contributed by atoms with van der Waals surface area (Å²) in [4.78, 5) is 10.5. The van der Waals surface area contributed by atoms with Crippen molar-refractivity contribution >= 4 is 16.0 Å². The van der Waals surface area contributed by atoms with Gasteiger partial charge in [0.05, 0.1) is 10.5 Å². The Morgan fingerprint density at radius 2 is 2.00 bits per heavy atom. The number of hydrogen-bond donors (Lipinski definition) is 1. The molecule has 1 aromatic rings. The molecule has 0 radical (unpaired) electrons. The maximum absolute atomic E-state index is 13.2. The Hall–Kier alpha value is -1.47. The first-order chi connectivity index (χ1) is 9.30. The number of aromatic carboxylic acids is 1. The Bertz CT molecular complexity index is 586. The zero-order valence-electron chi connectivity index (χ0n) is 11.5. The van der Waals surface area contributed by atoms with Gasteiger partial charge in [0.15, 0.2) is 0 Å². The normalized spacial score (nSPS) is 11.8. The number of carbonyl (C=O) groups is 1. The highest BCUT2D eigenvalue weighted by atomic mass is 32.2. The number of unbranched alkanes of at least 4 members (excludes halogenated alkanes) is 2. The SMILES string of the molecule is CCCCCN(C)S(=O)(=O)c1cc(F)ccc1C(=O)O. The maximum atomic E-state index is 13.2. The van der Waals surface area contributed by atoms with Crippen LogP contribution in [0.25, 0.3) is 0 Å². The monoisotopic (exact) mass is 303 g/mol. The van der Waals surface area contributed by atoms with Crippen LogP contribution in [0, 0.1) is 5.82 Å². The van der Waals surface area contributed by atoms with Crippen LogP contribution in [0.4, 0.5) is 4.39 Å².